The van der Waals surface area contributed by atoms with E-state index in [0.717, 1.165) is 17.4 Å². The number of hydrogen-bond donors (Lipinski definition) is 4. The van der Waals surface area contributed by atoms with E-state index in [9.17, 15) is 22.7 Å². The molecule has 0 bridgehead atoms. The minimum Gasteiger partial charge on any atom is -0.476 e. The highest BCUT2D eigenvalue weighted by Gasteiger charge is 2.25. The van der Waals surface area contributed by atoms with E-state index in [-0.39, 0.29) is 28.6 Å². The molecule has 1 atom stereocenters. The lowest BCUT2D eigenvalue weighted by atomic mass is 10.2. The van der Waals surface area contributed by atoms with Crippen molar-refractivity contribution in [1.82, 2.24) is 4.98 Å². The second-order valence-corrected chi connectivity index (χ2v) is 6.60. The molecule has 1 unspecified atom stereocenters. The second-order valence-electron chi connectivity index (χ2n) is 4.94. The number of anilines is 3. The molecule has 144 valence electrons. The fraction of sp³-hybridized carbons (Fsp3) is 0.143. The average molecular weight is 415 g/mol. The summed E-state index contributed by atoms with van der Waals surface area (Å²) in [4.78, 5) is 30.2. The summed E-state index contributed by atoms with van der Waals surface area (Å²) in [6.07, 6.45) is -0.229. The molecule has 1 aromatic heterocycles. The third-order valence-electron chi connectivity index (χ3n) is 3.18. The molecule has 0 saturated carbocycles. The number of carboxylic acid groups (broad SMARTS) is 1. The van der Waals surface area contributed by atoms with Gasteiger partial charge in [-0.15, -0.1) is 11.3 Å². The van der Waals surface area contributed by atoms with Gasteiger partial charge in [-0.2, -0.15) is 0 Å². The van der Waals surface area contributed by atoms with Crippen LogP contribution in [0.3, 0.4) is 0 Å². The number of carbonyl (C=O) groups is 2. The minimum atomic E-state index is -2.69. The summed E-state index contributed by atoms with van der Waals surface area (Å²) in [6, 6.07) is 3.30. The van der Waals surface area contributed by atoms with E-state index >= 15 is 0 Å². The quantitative estimate of drug-likeness (QED) is 0.303. The standard InChI is InChI=1S/C14H14FN5O5S2/c1-17-10(16)5-11(21)19-9-3-2-7(4-8(9)15)20(27(24)25)13-12(14(22)23)18-6-26-13/h2-4,6H,5H2,1H3,(H2,16,17)(H,19,21)(H,22,23)(H,24,25). The first kappa shape index (κ1) is 20.4. The van der Waals surface area contributed by atoms with Crippen molar-refractivity contribution in [3.8, 4) is 0 Å². The van der Waals surface area contributed by atoms with Crippen molar-refractivity contribution in [2.24, 2.45) is 10.7 Å². The van der Waals surface area contributed by atoms with Crippen molar-refractivity contribution < 1.29 is 27.8 Å². The molecule has 0 aliphatic rings. The fourth-order valence-electron chi connectivity index (χ4n) is 1.98. The molecular weight excluding hydrogens is 401 g/mol. The first-order chi connectivity index (χ1) is 12.7. The summed E-state index contributed by atoms with van der Waals surface area (Å²) in [7, 11) is 1.41. The van der Waals surface area contributed by atoms with Gasteiger partial charge in [0, 0.05) is 13.1 Å². The van der Waals surface area contributed by atoms with Gasteiger partial charge in [0.05, 0.1) is 23.3 Å². The largest absolute Gasteiger partial charge is 0.476 e. The minimum absolute atomic E-state index is 0.0674. The van der Waals surface area contributed by atoms with E-state index in [4.69, 9.17) is 10.8 Å². The Labute approximate surface area is 159 Å². The maximum absolute atomic E-state index is 14.3. The van der Waals surface area contributed by atoms with Crippen LogP contribution in [0, 0.1) is 5.82 Å². The van der Waals surface area contributed by atoms with Crippen molar-refractivity contribution in [3.63, 3.8) is 0 Å². The zero-order valence-electron chi connectivity index (χ0n) is 13.7. The number of aliphatic imine (C=N–C) groups is 1. The molecule has 0 saturated heterocycles. The highest BCUT2D eigenvalue weighted by Crippen LogP contribution is 2.34. The van der Waals surface area contributed by atoms with Gasteiger partial charge in [-0.25, -0.2) is 22.7 Å². The molecule has 0 spiro atoms. The zero-order chi connectivity index (χ0) is 20.1. The van der Waals surface area contributed by atoms with Crippen LogP contribution in [0.1, 0.15) is 16.9 Å². The van der Waals surface area contributed by atoms with Crippen LogP contribution >= 0.6 is 11.3 Å². The lowest BCUT2D eigenvalue weighted by molar-refractivity contribution is -0.115. The van der Waals surface area contributed by atoms with Crippen LogP contribution in [0.5, 0.6) is 0 Å². The number of aromatic nitrogens is 1. The average Bonchev–Trinajstić information content (AvgIpc) is 3.06. The summed E-state index contributed by atoms with van der Waals surface area (Å²) in [5.41, 5.74) is 5.88. The van der Waals surface area contributed by atoms with Gasteiger partial charge in [0.15, 0.2) is 5.69 Å². The summed E-state index contributed by atoms with van der Waals surface area (Å²) in [6.45, 7) is 0. The first-order valence-electron chi connectivity index (χ1n) is 7.13. The molecule has 1 heterocycles. The number of nitrogens with zero attached hydrogens (tertiary/aromatic N) is 3. The number of aromatic carboxylic acids is 1. The molecule has 10 nitrogen and oxygen atoms in total. The number of thiazole rings is 1. The van der Waals surface area contributed by atoms with Crippen molar-refractivity contribution in [2.45, 2.75) is 6.42 Å². The number of amides is 1. The van der Waals surface area contributed by atoms with Crippen LogP contribution in [0.4, 0.5) is 20.8 Å². The SMILES string of the molecule is CN=C(N)CC(=O)Nc1ccc(N(c2scnc2C(=O)O)S(=O)O)cc1F. The van der Waals surface area contributed by atoms with Crippen molar-refractivity contribution in [1.29, 1.82) is 0 Å². The molecule has 1 amide bonds. The fourth-order valence-corrected chi connectivity index (χ4v) is 3.53. The van der Waals surface area contributed by atoms with Gasteiger partial charge in [-0.3, -0.25) is 14.3 Å². The highest BCUT2D eigenvalue weighted by molar-refractivity contribution is 7.81. The lowest BCUT2D eigenvalue weighted by Crippen LogP contribution is -2.23. The van der Waals surface area contributed by atoms with E-state index in [2.05, 4.69) is 15.3 Å². The third-order valence-corrected chi connectivity index (χ3v) is 4.81. The van der Waals surface area contributed by atoms with Crippen LogP contribution in [0.15, 0.2) is 28.7 Å². The van der Waals surface area contributed by atoms with Gasteiger partial charge in [0.1, 0.15) is 16.7 Å². The lowest BCUT2D eigenvalue weighted by Gasteiger charge is -2.19. The monoisotopic (exact) mass is 415 g/mol. The molecule has 5 N–H and O–H groups in total. The van der Waals surface area contributed by atoms with Crippen LogP contribution in [0.25, 0.3) is 0 Å². The van der Waals surface area contributed by atoms with Gasteiger partial charge in [0.25, 0.3) is 11.3 Å². The number of hydrogen-bond acceptors (Lipinski definition) is 6. The van der Waals surface area contributed by atoms with Gasteiger partial charge in [-0.05, 0) is 12.1 Å². The predicted octanol–water partition coefficient (Wildman–Crippen LogP) is 1.57. The summed E-state index contributed by atoms with van der Waals surface area (Å²) >= 11 is -1.89. The van der Waals surface area contributed by atoms with Gasteiger partial charge in [0.2, 0.25) is 5.91 Å². The summed E-state index contributed by atoms with van der Waals surface area (Å²) in [5, 5.41) is 11.3. The summed E-state index contributed by atoms with van der Waals surface area (Å²) in [5.74, 6) is -2.83. The molecule has 0 aliphatic heterocycles. The molecule has 2 aromatic rings. The number of carboxylic acids is 1. The Balaban J connectivity index is 2.33. The van der Waals surface area contributed by atoms with Crippen LogP contribution in [-0.4, -0.2) is 43.6 Å². The Morgan fingerprint density at radius 2 is 2.19 bits per heavy atom. The zero-order valence-corrected chi connectivity index (χ0v) is 15.4. The van der Waals surface area contributed by atoms with E-state index in [1.54, 1.807) is 0 Å². The van der Waals surface area contributed by atoms with Gasteiger partial charge in [-0.1, -0.05) is 0 Å². The van der Waals surface area contributed by atoms with Crippen LogP contribution in [-0.2, 0) is 16.1 Å². The van der Waals surface area contributed by atoms with E-state index in [1.165, 1.54) is 24.7 Å². The number of benzene rings is 1. The molecular formula is C14H14FN5O5S2. The maximum atomic E-state index is 14.3. The van der Waals surface area contributed by atoms with E-state index in [1.807, 2.05) is 0 Å². The number of rotatable bonds is 7. The molecule has 27 heavy (non-hydrogen) atoms. The number of halogens is 1. The van der Waals surface area contributed by atoms with Crippen molar-refractivity contribution >= 4 is 56.7 Å². The van der Waals surface area contributed by atoms with Crippen molar-refractivity contribution in [2.75, 3.05) is 16.7 Å². The van der Waals surface area contributed by atoms with Crippen molar-refractivity contribution in [3.05, 3.63) is 35.2 Å². The Bertz CT molecular complexity index is 932. The predicted molar refractivity (Wildman–Crippen MR) is 99.2 cm³/mol. The van der Waals surface area contributed by atoms with Gasteiger partial charge < -0.3 is 16.2 Å². The molecule has 0 fully saturated rings. The van der Waals surface area contributed by atoms with Crippen LogP contribution < -0.4 is 15.4 Å². The molecule has 13 heteroatoms. The van der Waals surface area contributed by atoms with E-state index in [0.29, 0.717) is 4.31 Å². The number of nitrogens with two attached hydrogens (primary N) is 1. The Hall–Kier alpha value is -2.90. The summed E-state index contributed by atoms with van der Waals surface area (Å²) < 4.78 is 36.3. The topological polar surface area (TPSA) is 158 Å². The molecule has 0 aliphatic carbocycles. The second kappa shape index (κ2) is 8.66. The Morgan fingerprint density at radius 3 is 2.74 bits per heavy atom. The highest BCUT2D eigenvalue weighted by atomic mass is 32.2. The van der Waals surface area contributed by atoms with Crippen LogP contribution in [0.2, 0.25) is 0 Å². The number of amidine groups is 1. The van der Waals surface area contributed by atoms with E-state index < -0.39 is 34.7 Å². The maximum Gasteiger partial charge on any atom is 0.357 e. The van der Waals surface area contributed by atoms with Gasteiger partial charge >= 0.3 is 5.97 Å². The third kappa shape index (κ3) is 4.84. The normalized spacial score (nSPS) is 12.5. The number of nitrogens with one attached hydrogen (secondary N) is 1. The molecule has 2 rings (SSSR count). The molecule has 0 radical (unpaired) electrons. The Kier molecular flexibility index (Phi) is 6.55. The smallest absolute Gasteiger partial charge is 0.357 e. The Morgan fingerprint density at radius 1 is 1.48 bits per heavy atom. The first-order valence-corrected chi connectivity index (χ1v) is 9.07. The number of carbonyl (C=O) groups excluding carboxylic acids is 1. The molecule has 1 aromatic carbocycles.